The van der Waals surface area contributed by atoms with Crippen molar-refractivity contribution in [2.45, 2.75) is 26.5 Å². The number of nitriles is 1. The summed E-state index contributed by atoms with van der Waals surface area (Å²) < 4.78 is 19.9. The molecule has 1 aromatic heterocycles. The maximum atomic E-state index is 12.8. The molecule has 5 nitrogen and oxygen atoms in total. The first-order valence-corrected chi connectivity index (χ1v) is 6.29. The smallest absolute Gasteiger partial charge is 0.253 e. The van der Waals surface area contributed by atoms with Crippen LogP contribution >= 0.6 is 0 Å². The van der Waals surface area contributed by atoms with E-state index in [0.717, 1.165) is 12.0 Å². The molecule has 0 aliphatic carbocycles. The Balaban J connectivity index is 2.15. The van der Waals surface area contributed by atoms with Gasteiger partial charge in [0, 0.05) is 6.54 Å². The lowest BCUT2D eigenvalue weighted by Gasteiger charge is -2.03. The first-order chi connectivity index (χ1) is 9.65. The quantitative estimate of drug-likeness (QED) is 0.908. The fourth-order valence-electron chi connectivity index (χ4n) is 1.77. The minimum atomic E-state index is -0.303. The average Bonchev–Trinajstić information content (AvgIpc) is 2.75. The molecule has 0 amide bonds. The maximum absolute atomic E-state index is 12.8. The number of aryl methyl sites for hydroxylation is 1. The molecule has 20 heavy (non-hydrogen) atoms. The molecule has 0 fully saturated rings. The molecule has 0 saturated carbocycles. The van der Waals surface area contributed by atoms with Gasteiger partial charge >= 0.3 is 0 Å². The second-order valence-electron chi connectivity index (χ2n) is 4.32. The van der Waals surface area contributed by atoms with Crippen LogP contribution in [0.2, 0.25) is 0 Å². The summed E-state index contributed by atoms with van der Waals surface area (Å²) in [5, 5.41) is 13.3. The first kappa shape index (κ1) is 13.9. The van der Waals surface area contributed by atoms with Gasteiger partial charge < -0.3 is 10.5 Å². The van der Waals surface area contributed by atoms with Crippen LogP contribution in [0.5, 0.6) is 5.88 Å². The van der Waals surface area contributed by atoms with Crippen molar-refractivity contribution in [1.82, 2.24) is 9.78 Å². The topological polar surface area (TPSA) is 76.9 Å². The molecule has 0 spiro atoms. The van der Waals surface area contributed by atoms with Crippen LogP contribution in [-0.2, 0) is 13.2 Å². The summed E-state index contributed by atoms with van der Waals surface area (Å²) in [5.74, 6) is 0.217. The Morgan fingerprint density at radius 1 is 1.40 bits per heavy atom. The third-order valence-electron chi connectivity index (χ3n) is 2.80. The van der Waals surface area contributed by atoms with E-state index in [0.29, 0.717) is 12.4 Å². The zero-order chi connectivity index (χ0) is 14.5. The predicted molar refractivity (Wildman–Crippen MR) is 72.4 cm³/mol. The average molecular weight is 274 g/mol. The van der Waals surface area contributed by atoms with Gasteiger partial charge in [-0.15, -0.1) is 5.10 Å². The molecule has 1 heterocycles. The van der Waals surface area contributed by atoms with Crippen molar-refractivity contribution in [2.24, 2.45) is 0 Å². The molecule has 2 N–H and O–H groups in total. The van der Waals surface area contributed by atoms with Gasteiger partial charge in [-0.2, -0.15) is 5.26 Å². The van der Waals surface area contributed by atoms with Gasteiger partial charge in [0.15, 0.2) is 5.56 Å². The van der Waals surface area contributed by atoms with E-state index in [2.05, 4.69) is 5.10 Å². The highest BCUT2D eigenvalue weighted by molar-refractivity contribution is 5.55. The molecule has 1 aromatic carbocycles. The van der Waals surface area contributed by atoms with Crippen LogP contribution in [0.1, 0.15) is 24.5 Å². The fraction of sp³-hybridized carbons (Fsp3) is 0.286. The Kier molecular flexibility index (Phi) is 4.20. The second-order valence-corrected chi connectivity index (χ2v) is 4.32. The van der Waals surface area contributed by atoms with E-state index in [-0.39, 0.29) is 23.9 Å². The van der Waals surface area contributed by atoms with Crippen LogP contribution in [0.25, 0.3) is 0 Å². The minimum absolute atomic E-state index is 0.206. The highest BCUT2D eigenvalue weighted by Crippen LogP contribution is 2.23. The van der Waals surface area contributed by atoms with Crippen molar-refractivity contribution in [3.63, 3.8) is 0 Å². The van der Waals surface area contributed by atoms with Gasteiger partial charge in [-0.05, 0) is 24.1 Å². The van der Waals surface area contributed by atoms with E-state index in [1.54, 1.807) is 16.8 Å². The molecule has 6 heteroatoms. The van der Waals surface area contributed by atoms with Crippen LogP contribution < -0.4 is 10.5 Å². The van der Waals surface area contributed by atoms with Crippen LogP contribution in [-0.4, -0.2) is 9.78 Å². The van der Waals surface area contributed by atoms with Crippen molar-refractivity contribution in [1.29, 1.82) is 5.26 Å². The Labute approximate surface area is 116 Å². The molecule has 0 bridgehead atoms. The van der Waals surface area contributed by atoms with Gasteiger partial charge in [-0.1, -0.05) is 19.1 Å². The molecule has 0 unspecified atom stereocenters. The SMILES string of the molecule is CCCn1nc(OCc2ccc(F)cc2)c(C#N)c1N. The maximum Gasteiger partial charge on any atom is 0.253 e. The zero-order valence-electron chi connectivity index (χ0n) is 11.1. The van der Waals surface area contributed by atoms with Gasteiger partial charge in [0.25, 0.3) is 5.88 Å². The number of hydrogen-bond donors (Lipinski definition) is 1. The van der Waals surface area contributed by atoms with E-state index in [1.165, 1.54) is 12.1 Å². The molecular formula is C14H15FN4O. The molecule has 0 atom stereocenters. The molecular weight excluding hydrogens is 259 g/mol. The second kappa shape index (κ2) is 6.06. The normalized spacial score (nSPS) is 10.2. The van der Waals surface area contributed by atoms with Gasteiger partial charge in [-0.3, -0.25) is 0 Å². The number of nitrogen functional groups attached to an aromatic ring is 1. The fourth-order valence-corrected chi connectivity index (χ4v) is 1.77. The Hall–Kier alpha value is -2.55. The van der Waals surface area contributed by atoms with Crippen molar-refractivity contribution in [3.8, 4) is 11.9 Å². The lowest BCUT2D eigenvalue weighted by Crippen LogP contribution is -2.04. The monoisotopic (exact) mass is 274 g/mol. The summed E-state index contributed by atoms with van der Waals surface area (Å²) in [4.78, 5) is 0. The van der Waals surface area contributed by atoms with Crippen molar-refractivity contribution in [2.75, 3.05) is 5.73 Å². The Morgan fingerprint density at radius 3 is 2.70 bits per heavy atom. The predicted octanol–water partition coefficient (Wildman–Crippen LogP) is 2.47. The van der Waals surface area contributed by atoms with E-state index in [1.807, 2.05) is 13.0 Å². The third kappa shape index (κ3) is 2.88. The Morgan fingerprint density at radius 2 is 2.10 bits per heavy atom. The number of anilines is 1. The number of rotatable bonds is 5. The molecule has 0 radical (unpaired) electrons. The summed E-state index contributed by atoms with van der Waals surface area (Å²) in [5.41, 5.74) is 6.87. The highest BCUT2D eigenvalue weighted by atomic mass is 19.1. The van der Waals surface area contributed by atoms with Crippen LogP contribution in [0, 0.1) is 17.1 Å². The highest BCUT2D eigenvalue weighted by Gasteiger charge is 2.16. The summed E-state index contributed by atoms with van der Waals surface area (Å²) in [7, 11) is 0. The lowest BCUT2D eigenvalue weighted by atomic mass is 10.2. The first-order valence-electron chi connectivity index (χ1n) is 6.29. The largest absolute Gasteiger partial charge is 0.471 e. The van der Waals surface area contributed by atoms with Gasteiger partial charge in [0.05, 0.1) is 0 Å². The summed E-state index contributed by atoms with van der Waals surface area (Å²) >= 11 is 0. The molecule has 0 aliphatic rings. The minimum Gasteiger partial charge on any atom is -0.471 e. The van der Waals surface area contributed by atoms with E-state index < -0.39 is 0 Å². The molecule has 0 aliphatic heterocycles. The number of aromatic nitrogens is 2. The molecule has 104 valence electrons. The summed E-state index contributed by atoms with van der Waals surface area (Å²) in [6.07, 6.45) is 0.855. The molecule has 0 saturated heterocycles. The number of nitrogens with zero attached hydrogens (tertiary/aromatic N) is 3. The number of benzene rings is 1. The van der Waals surface area contributed by atoms with Crippen LogP contribution in [0.3, 0.4) is 0 Å². The van der Waals surface area contributed by atoms with Gasteiger partial charge in [0.2, 0.25) is 0 Å². The van der Waals surface area contributed by atoms with Crippen molar-refractivity contribution < 1.29 is 9.13 Å². The van der Waals surface area contributed by atoms with Crippen molar-refractivity contribution >= 4 is 5.82 Å². The molecule has 2 rings (SSSR count). The number of nitrogens with two attached hydrogens (primary N) is 1. The zero-order valence-corrected chi connectivity index (χ0v) is 11.1. The van der Waals surface area contributed by atoms with E-state index >= 15 is 0 Å². The summed E-state index contributed by atoms with van der Waals surface area (Å²) in [6, 6.07) is 7.94. The van der Waals surface area contributed by atoms with Gasteiger partial charge in [-0.25, -0.2) is 9.07 Å². The number of hydrogen-bond acceptors (Lipinski definition) is 4. The standard InChI is InChI=1S/C14H15FN4O/c1-2-7-19-13(17)12(8-16)14(18-19)20-9-10-3-5-11(15)6-4-10/h3-6H,2,7,9,17H2,1H3. The number of ether oxygens (including phenoxy) is 1. The van der Waals surface area contributed by atoms with Crippen LogP contribution in [0.15, 0.2) is 24.3 Å². The summed E-state index contributed by atoms with van der Waals surface area (Å²) in [6.45, 7) is 2.82. The Bertz CT molecular complexity index is 628. The lowest BCUT2D eigenvalue weighted by molar-refractivity contribution is 0.288. The molecule has 2 aromatic rings. The van der Waals surface area contributed by atoms with Crippen LogP contribution in [0.4, 0.5) is 10.2 Å². The number of halogens is 1. The van der Waals surface area contributed by atoms with Gasteiger partial charge in [0.1, 0.15) is 24.3 Å². The van der Waals surface area contributed by atoms with E-state index in [9.17, 15) is 4.39 Å². The van der Waals surface area contributed by atoms with E-state index in [4.69, 9.17) is 15.7 Å². The third-order valence-corrected chi connectivity index (χ3v) is 2.80. The van der Waals surface area contributed by atoms with Crippen molar-refractivity contribution in [3.05, 3.63) is 41.2 Å².